The Morgan fingerprint density at radius 2 is 2.17 bits per heavy atom. The maximum Gasteiger partial charge on any atom is 0.131 e. The van der Waals surface area contributed by atoms with Gasteiger partial charge in [0.05, 0.1) is 6.10 Å². The Hall–Kier alpha value is -1.09. The van der Waals surface area contributed by atoms with Gasteiger partial charge in [0.1, 0.15) is 5.82 Å². The standard InChI is InChI=1S/C15H22FNO/c1-3-17(10-12-6-4-7-12)14-9-5-8-13(16)15(14)11(2)18/h5,8-9,11-12,18H,3-4,6-7,10H2,1-2H3/t11-/m0/s1. The van der Waals surface area contributed by atoms with E-state index in [9.17, 15) is 9.50 Å². The Labute approximate surface area is 108 Å². The number of anilines is 1. The van der Waals surface area contributed by atoms with Crippen LogP contribution in [0, 0.1) is 11.7 Å². The van der Waals surface area contributed by atoms with E-state index in [0.717, 1.165) is 24.7 Å². The van der Waals surface area contributed by atoms with Gasteiger partial charge in [-0.05, 0) is 44.7 Å². The summed E-state index contributed by atoms with van der Waals surface area (Å²) in [6.07, 6.45) is 3.09. The first-order valence-electron chi connectivity index (χ1n) is 6.85. The summed E-state index contributed by atoms with van der Waals surface area (Å²) in [6, 6.07) is 5.05. The monoisotopic (exact) mass is 251 g/mol. The van der Waals surface area contributed by atoms with Crippen molar-refractivity contribution < 1.29 is 9.50 Å². The van der Waals surface area contributed by atoms with Crippen LogP contribution < -0.4 is 4.90 Å². The number of aliphatic hydroxyl groups is 1. The molecule has 0 aromatic heterocycles. The molecule has 1 aliphatic carbocycles. The van der Waals surface area contributed by atoms with Crippen LogP contribution in [0.5, 0.6) is 0 Å². The Balaban J connectivity index is 2.25. The van der Waals surface area contributed by atoms with Gasteiger partial charge in [0, 0.05) is 24.3 Å². The quantitative estimate of drug-likeness (QED) is 0.865. The first-order valence-corrected chi connectivity index (χ1v) is 6.85. The van der Waals surface area contributed by atoms with Gasteiger partial charge in [-0.25, -0.2) is 4.39 Å². The molecule has 1 N–H and O–H groups in total. The van der Waals surface area contributed by atoms with E-state index in [0.29, 0.717) is 5.56 Å². The molecule has 1 aliphatic rings. The van der Waals surface area contributed by atoms with Gasteiger partial charge in [-0.1, -0.05) is 12.5 Å². The lowest BCUT2D eigenvalue weighted by Gasteiger charge is -2.34. The number of hydrogen-bond donors (Lipinski definition) is 1. The van der Waals surface area contributed by atoms with Gasteiger partial charge >= 0.3 is 0 Å². The fourth-order valence-corrected chi connectivity index (χ4v) is 2.60. The van der Waals surface area contributed by atoms with E-state index in [1.54, 1.807) is 13.0 Å². The Bertz CT molecular complexity index is 401. The molecule has 0 unspecified atom stereocenters. The van der Waals surface area contributed by atoms with Gasteiger partial charge in [0.15, 0.2) is 0 Å². The molecule has 1 atom stereocenters. The first kappa shape index (κ1) is 13.3. The number of benzene rings is 1. The van der Waals surface area contributed by atoms with Crippen LogP contribution in [0.25, 0.3) is 0 Å². The van der Waals surface area contributed by atoms with Gasteiger partial charge in [-0.3, -0.25) is 0 Å². The Kier molecular flexibility index (Phi) is 4.23. The molecule has 1 aromatic rings. The summed E-state index contributed by atoms with van der Waals surface area (Å²) in [5, 5.41) is 9.77. The SMILES string of the molecule is CCN(CC1CCC1)c1cccc(F)c1[C@H](C)O. The van der Waals surface area contributed by atoms with Crippen LogP contribution in [0.4, 0.5) is 10.1 Å². The third-order valence-electron chi connectivity index (χ3n) is 3.87. The van der Waals surface area contributed by atoms with Crippen LogP contribution in [0.3, 0.4) is 0 Å². The number of nitrogens with zero attached hydrogens (tertiary/aromatic N) is 1. The molecule has 0 saturated heterocycles. The predicted molar refractivity (Wildman–Crippen MR) is 72.3 cm³/mol. The van der Waals surface area contributed by atoms with Gasteiger partial charge in [0.25, 0.3) is 0 Å². The fraction of sp³-hybridized carbons (Fsp3) is 0.600. The highest BCUT2D eigenvalue weighted by molar-refractivity contribution is 5.55. The van der Waals surface area contributed by atoms with Crippen LogP contribution in [-0.2, 0) is 0 Å². The lowest BCUT2D eigenvalue weighted by molar-refractivity contribution is 0.194. The maximum absolute atomic E-state index is 13.8. The lowest BCUT2D eigenvalue weighted by atomic mass is 9.85. The molecule has 2 rings (SSSR count). The zero-order valence-electron chi connectivity index (χ0n) is 11.2. The maximum atomic E-state index is 13.8. The van der Waals surface area contributed by atoms with Crippen molar-refractivity contribution in [2.45, 2.75) is 39.2 Å². The third-order valence-corrected chi connectivity index (χ3v) is 3.87. The summed E-state index contributed by atoms with van der Waals surface area (Å²) < 4.78 is 13.8. The predicted octanol–water partition coefficient (Wildman–Crippen LogP) is 3.51. The highest BCUT2D eigenvalue weighted by Crippen LogP contribution is 2.33. The molecular formula is C15H22FNO. The topological polar surface area (TPSA) is 23.5 Å². The summed E-state index contributed by atoms with van der Waals surface area (Å²) in [5.41, 5.74) is 1.28. The molecule has 0 bridgehead atoms. The van der Waals surface area contributed by atoms with E-state index in [2.05, 4.69) is 11.8 Å². The molecule has 1 fully saturated rings. The number of hydrogen-bond acceptors (Lipinski definition) is 2. The second-order valence-electron chi connectivity index (χ2n) is 5.18. The summed E-state index contributed by atoms with van der Waals surface area (Å²) in [7, 11) is 0. The van der Waals surface area contributed by atoms with Crippen molar-refractivity contribution in [2.75, 3.05) is 18.0 Å². The van der Waals surface area contributed by atoms with Crippen molar-refractivity contribution >= 4 is 5.69 Å². The number of halogens is 1. The van der Waals surface area contributed by atoms with Gasteiger partial charge < -0.3 is 10.0 Å². The molecule has 0 radical (unpaired) electrons. The molecule has 0 spiro atoms. The van der Waals surface area contributed by atoms with E-state index in [1.165, 1.54) is 25.3 Å². The average molecular weight is 251 g/mol. The van der Waals surface area contributed by atoms with Gasteiger partial charge in [0.2, 0.25) is 0 Å². The van der Waals surface area contributed by atoms with Crippen molar-refractivity contribution in [3.63, 3.8) is 0 Å². The second kappa shape index (κ2) is 5.70. The van der Waals surface area contributed by atoms with Crippen LogP contribution in [0.2, 0.25) is 0 Å². The molecule has 2 nitrogen and oxygen atoms in total. The summed E-state index contributed by atoms with van der Waals surface area (Å²) in [4.78, 5) is 2.19. The van der Waals surface area contributed by atoms with E-state index in [1.807, 2.05) is 6.07 Å². The smallest absolute Gasteiger partial charge is 0.131 e. The van der Waals surface area contributed by atoms with Crippen molar-refractivity contribution in [2.24, 2.45) is 5.92 Å². The zero-order valence-corrected chi connectivity index (χ0v) is 11.2. The molecule has 3 heteroatoms. The number of aliphatic hydroxyl groups excluding tert-OH is 1. The summed E-state index contributed by atoms with van der Waals surface area (Å²) >= 11 is 0. The van der Waals surface area contributed by atoms with Crippen LogP contribution >= 0.6 is 0 Å². The minimum atomic E-state index is -0.767. The average Bonchev–Trinajstić information content (AvgIpc) is 2.27. The fourth-order valence-electron chi connectivity index (χ4n) is 2.60. The zero-order chi connectivity index (χ0) is 13.1. The van der Waals surface area contributed by atoms with Crippen LogP contribution in [0.15, 0.2) is 18.2 Å². The van der Waals surface area contributed by atoms with E-state index >= 15 is 0 Å². The van der Waals surface area contributed by atoms with Crippen LogP contribution in [-0.4, -0.2) is 18.2 Å². The minimum absolute atomic E-state index is 0.311. The van der Waals surface area contributed by atoms with Crippen molar-refractivity contribution in [3.05, 3.63) is 29.6 Å². The largest absolute Gasteiger partial charge is 0.389 e. The van der Waals surface area contributed by atoms with Crippen molar-refractivity contribution in [3.8, 4) is 0 Å². The summed E-state index contributed by atoms with van der Waals surface area (Å²) in [6.45, 7) is 5.52. The molecule has 0 aliphatic heterocycles. The minimum Gasteiger partial charge on any atom is -0.389 e. The highest BCUT2D eigenvalue weighted by Gasteiger charge is 2.23. The summed E-state index contributed by atoms with van der Waals surface area (Å²) in [5.74, 6) is 0.421. The molecular weight excluding hydrogens is 229 g/mol. The molecule has 0 heterocycles. The third kappa shape index (κ3) is 2.66. The normalized spacial score (nSPS) is 17.3. The molecule has 0 amide bonds. The molecule has 1 aromatic carbocycles. The van der Waals surface area contributed by atoms with E-state index in [4.69, 9.17) is 0 Å². The van der Waals surface area contributed by atoms with Gasteiger partial charge in [-0.2, -0.15) is 0 Å². The van der Waals surface area contributed by atoms with Crippen LogP contribution in [0.1, 0.15) is 44.8 Å². The lowest BCUT2D eigenvalue weighted by Crippen LogP contribution is -2.33. The van der Waals surface area contributed by atoms with Crippen molar-refractivity contribution in [1.29, 1.82) is 0 Å². The molecule has 100 valence electrons. The second-order valence-corrected chi connectivity index (χ2v) is 5.18. The van der Waals surface area contributed by atoms with Gasteiger partial charge in [-0.15, -0.1) is 0 Å². The highest BCUT2D eigenvalue weighted by atomic mass is 19.1. The Morgan fingerprint density at radius 3 is 2.67 bits per heavy atom. The van der Waals surface area contributed by atoms with E-state index < -0.39 is 6.10 Å². The van der Waals surface area contributed by atoms with E-state index in [-0.39, 0.29) is 5.82 Å². The first-order chi connectivity index (χ1) is 8.63. The number of rotatable bonds is 5. The van der Waals surface area contributed by atoms with Crippen molar-refractivity contribution in [1.82, 2.24) is 0 Å². The molecule has 1 saturated carbocycles. The Morgan fingerprint density at radius 1 is 1.44 bits per heavy atom. The molecule has 18 heavy (non-hydrogen) atoms.